The maximum Gasteiger partial charge on any atom is 0.0433 e. The van der Waals surface area contributed by atoms with Gasteiger partial charge in [-0.3, -0.25) is 0 Å². The van der Waals surface area contributed by atoms with Gasteiger partial charge in [-0.25, -0.2) is 0 Å². The molecule has 2 aliphatic rings. The Bertz CT molecular complexity index is 123. The first kappa shape index (κ1) is 6.62. The van der Waals surface area contributed by atoms with Crippen molar-refractivity contribution in [2.45, 2.75) is 19.3 Å². The third-order valence-corrected chi connectivity index (χ3v) is 2.98. The highest BCUT2D eigenvalue weighted by molar-refractivity contribution is 5.02. The minimum absolute atomic E-state index is 0.383. The molecule has 1 heterocycles. The molecule has 1 aliphatic heterocycles. The van der Waals surface area contributed by atoms with E-state index in [-0.39, 0.29) is 0 Å². The molecule has 0 bridgehead atoms. The minimum Gasteiger partial charge on any atom is -0.396 e. The summed E-state index contributed by atoms with van der Waals surface area (Å²) < 4.78 is 0. The Hall–Kier alpha value is -0.0800. The fourth-order valence-electron chi connectivity index (χ4n) is 2.32. The van der Waals surface area contributed by atoms with Crippen molar-refractivity contribution in [1.29, 1.82) is 0 Å². The molecule has 0 unspecified atom stereocenters. The third kappa shape index (κ3) is 0.867. The molecule has 2 nitrogen and oxygen atoms in total. The molecular weight excluding hydrogens is 126 g/mol. The van der Waals surface area contributed by atoms with Crippen molar-refractivity contribution in [2.24, 2.45) is 11.3 Å². The third-order valence-electron chi connectivity index (χ3n) is 2.98. The molecule has 0 aromatic rings. The van der Waals surface area contributed by atoms with Crippen molar-refractivity contribution < 1.29 is 5.11 Å². The molecule has 2 heteroatoms. The highest BCUT2D eigenvalue weighted by Gasteiger charge is 2.47. The standard InChI is InChI=1S/C8H15NO/c10-2-1-7-3-8(4-7)5-9-6-8/h7,9-10H,1-6H2. The van der Waals surface area contributed by atoms with Gasteiger partial charge in [-0.1, -0.05) is 0 Å². The molecule has 1 spiro atoms. The summed E-state index contributed by atoms with van der Waals surface area (Å²) in [4.78, 5) is 0. The van der Waals surface area contributed by atoms with Gasteiger partial charge in [0.15, 0.2) is 0 Å². The number of rotatable bonds is 2. The normalized spacial score (nSPS) is 29.7. The van der Waals surface area contributed by atoms with Crippen molar-refractivity contribution in [3.05, 3.63) is 0 Å². The molecule has 0 aromatic carbocycles. The van der Waals surface area contributed by atoms with E-state index < -0.39 is 0 Å². The average Bonchev–Trinajstić information content (AvgIpc) is 1.72. The first-order chi connectivity index (χ1) is 4.85. The van der Waals surface area contributed by atoms with E-state index in [1.807, 2.05) is 0 Å². The number of hydrogen-bond acceptors (Lipinski definition) is 2. The zero-order valence-electron chi connectivity index (χ0n) is 6.27. The molecule has 58 valence electrons. The highest BCUT2D eigenvalue weighted by atomic mass is 16.3. The monoisotopic (exact) mass is 141 g/mol. The maximum absolute atomic E-state index is 8.65. The van der Waals surface area contributed by atoms with E-state index in [0.717, 1.165) is 12.3 Å². The van der Waals surface area contributed by atoms with E-state index in [1.165, 1.54) is 25.9 Å². The highest BCUT2D eigenvalue weighted by Crippen LogP contribution is 2.49. The smallest absolute Gasteiger partial charge is 0.0433 e. The fourth-order valence-corrected chi connectivity index (χ4v) is 2.32. The van der Waals surface area contributed by atoms with Crippen molar-refractivity contribution in [3.8, 4) is 0 Å². The molecule has 0 amide bonds. The van der Waals surface area contributed by atoms with Crippen LogP contribution in [0.5, 0.6) is 0 Å². The lowest BCUT2D eigenvalue weighted by Gasteiger charge is -2.54. The van der Waals surface area contributed by atoms with Crippen LogP contribution in [0.25, 0.3) is 0 Å². The molecule has 10 heavy (non-hydrogen) atoms. The van der Waals surface area contributed by atoms with Crippen LogP contribution < -0.4 is 5.32 Å². The summed E-state index contributed by atoms with van der Waals surface area (Å²) in [6.07, 6.45) is 3.75. The quantitative estimate of drug-likeness (QED) is 0.582. The van der Waals surface area contributed by atoms with Crippen molar-refractivity contribution >= 4 is 0 Å². The van der Waals surface area contributed by atoms with Gasteiger partial charge in [-0.05, 0) is 30.6 Å². The number of hydrogen-bond donors (Lipinski definition) is 2. The average molecular weight is 141 g/mol. The van der Waals surface area contributed by atoms with Gasteiger partial charge < -0.3 is 10.4 Å². The van der Waals surface area contributed by atoms with Crippen LogP contribution >= 0.6 is 0 Å². The molecule has 0 aromatic heterocycles. The predicted octanol–water partition coefficient (Wildman–Crippen LogP) is 0.368. The summed E-state index contributed by atoms with van der Waals surface area (Å²) in [6, 6.07) is 0. The Kier molecular flexibility index (Phi) is 1.46. The van der Waals surface area contributed by atoms with E-state index >= 15 is 0 Å². The molecule has 1 saturated heterocycles. The molecule has 0 atom stereocenters. The Morgan fingerprint density at radius 2 is 2.10 bits per heavy atom. The van der Waals surface area contributed by atoms with Crippen LogP contribution in [0.1, 0.15) is 19.3 Å². The SMILES string of the molecule is OCCC1CC2(CNC2)C1. The summed E-state index contributed by atoms with van der Waals surface area (Å²) in [5.74, 6) is 0.840. The maximum atomic E-state index is 8.65. The Morgan fingerprint density at radius 3 is 2.50 bits per heavy atom. The van der Waals surface area contributed by atoms with Crippen LogP contribution in [0.3, 0.4) is 0 Å². The zero-order valence-corrected chi connectivity index (χ0v) is 6.27. The van der Waals surface area contributed by atoms with E-state index in [1.54, 1.807) is 0 Å². The molecule has 1 aliphatic carbocycles. The molecule has 2 N–H and O–H groups in total. The van der Waals surface area contributed by atoms with Gasteiger partial charge in [-0.2, -0.15) is 0 Å². The van der Waals surface area contributed by atoms with Gasteiger partial charge in [0, 0.05) is 19.7 Å². The van der Waals surface area contributed by atoms with E-state index in [4.69, 9.17) is 5.11 Å². The second kappa shape index (κ2) is 2.21. The van der Waals surface area contributed by atoms with E-state index in [2.05, 4.69) is 5.32 Å². The summed E-state index contributed by atoms with van der Waals surface area (Å²) in [7, 11) is 0. The van der Waals surface area contributed by atoms with Crippen LogP contribution in [-0.2, 0) is 0 Å². The second-order valence-electron chi connectivity index (χ2n) is 3.89. The lowest BCUT2D eigenvalue weighted by atomic mass is 9.58. The van der Waals surface area contributed by atoms with Crippen LogP contribution in [0.15, 0.2) is 0 Å². The molecule has 2 fully saturated rings. The van der Waals surface area contributed by atoms with E-state index in [9.17, 15) is 0 Å². The van der Waals surface area contributed by atoms with Crippen LogP contribution in [0.4, 0.5) is 0 Å². The number of aliphatic hydroxyl groups is 1. The summed E-state index contributed by atoms with van der Waals surface area (Å²) in [6.45, 7) is 2.85. The Balaban J connectivity index is 1.72. The first-order valence-corrected chi connectivity index (χ1v) is 4.16. The van der Waals surface area contributed by atoms with Gasteiger partial charge in [0.1, 0.15) is 0 Å². The minimum atomic E-state index is 0.383. The van der Waals surface area contributed by atoms with Crippen molar-refractivity contribution in [2.75, 3.05) is 19.7 Å². The van der Waals surface area contributed by atoms with Crippen LogP contribution in [0, 0.1) is 11.3 Å². The van der Waals surface area contributed by atoms with Crippen LogP contribution in [0.2, 0.25) is 0 Å². The largest absolute Gasteiger partial charge is 0.396 e. The molecular formula is C8H15NO. The topological polar surface area (TPSA) is 32.3 Å². The summed E-state index contributed by atoms with van der Waals surface area (Å²) >= 11 is 0. The molecule has 0 radical (unpaired) electrons. The number of aliphatic hydroxyl groups excluding tert-OH is 1. The second-order valence-corrected chi connectivity index (χ2v) is 3.89. The summed E-state index contributed by atoms with van der Waals surface area (Å²) in [5, 5.41) is 12.0. The van der Waals surface area contributed by atoms with Gasteiger partial charge in [0.05, 0.1) is 0 Å². The molecule has 2 rings (SSSR count). The van der Waals surface area contributed by atoms with Gasteiger partial charge in [-0.15, -0.1) is 0 Å². The van der Waals surface area contributed by atoms with Crippen molar-refractivity contribution in [1.82, 2.24) is 5.32 Å². The van der Waals surface area contributed by atoms with Crippen molar-refractivity contribution in [3.63, 3.8) is 0 Å². The molecule has 1 saturated carbocycles. The Morgan fingerprint density at radius 1 is 1.40 bits per heavy atom. The number of nitrogens with one attached hydrogen (secondary N) is 1. The first-order valence-electron chi connectivity index (χ1n) is 4.16. The fraction of sp³-hybridized carbons (Fsp3) is 1.00. The lowest BCUT2D eigenvalue weighted by molar-refractivity contribution is -0.00973. The van der Waals surface area contributed by atoms with Gasteiger partial charge >= 0.3 is 0 Å². The van der Waals surface area contributed by atoms with Gasteiger partial charge in [0.2, 0.25) is 0 Å². The predicted molar refractivity (Wildman–Crippen MR) is 39.7 cm³/mol. The van der Waals surface area contributed by atoms with E-state index in [0.29, 0.717) is 12.0 Å². The lowest BCUT2D eigenvalue weighted by Crippen LogP contribution is -2.60. The van der Waals surface area contributed by atoms with Crippen LogP contribution in [-0.4, -0.2) is 24.8 Å². The van der Waals surface area contributed by atoms with Gasteiger partial charge in [0.25, 0.3) is 0 Å². The Labute approximate surface area is 61.6 Å². The summed E-state index contributed by atoms with van der Waals surface area (Å²) in [5.41, 5.74) is 0.694. The zero-order chi connectivity index (χ0) is 7.03.